The van der Waals surface area contributed by atoms with Gasteiger partial charge in [-0.15, -0.1) is 10.1 Å². The van der Waals surface area contributed by atoms with Gasteiger partial charge >= 0.3 is 12.0 Å². The number of guanidine groups is 1. The number of hydrogen-bond donors (Lipinski definition) is 0. The second-order valence-corrected chi connectivity index (χ2v) is 6.35. The standard InChI is InChI=1S/C14H21N6O2/c1-8(2)6-20-13-15-11-10(19(13)7-9(3)16-20)12(21)18(5)14(22)17(11)4/h8,10H,6-7H2,1-5H3/q+1. The number of hydrogen-bond acceptors (Lipinski definition) is 5. The van der Waals surface area contributed by atoms with Crippen molar-refractivity contribution in [2.24, 2.45) is 16.0 Å². The fraction of sp³-hybridized carbons (Fsp3) is 0.643. The third-order valence-corrected chi connectivity index (χ3v) is 3.97. The Morgan fingerprint density at radius 3 is 2.59 bits per heavy atom. The summed E-state index contributed by atoms with van der Waals surface area (Å²) in [6.07, 6.45) is 0. The van der Waals surface area contributed by atoms with E-state index < -0.39 is 6.04 Å². The monoisotopic (exact) mass is 305 g/mol. The van der Waals surface area contributed by atoms with Gasteiger partial charge in [0.1, 0.15) is 6.54 Å². The zero-order valence-corrected chi connectivity index (χ0v) is 13.6. The van der Waals surface area contributed by atoms with E-state index in [1.165, 1.54) is 11.9 Å². The van der Waals surface area contributed by atoms with Gasteiger partial charge in [-0.2, -0.15) is 0 Å². The number of fused-ring (bicyclic) bond motifs is 2. The SMILES string of the molecule is CC1=NN(CC(C)C)C2=[N+](C1)C1C(=O)N(C)C(=O)N(C)C1=N2. The van der Waals surface area contributed by atoms with Crippen molar-refractivity contribution in [2.45, 2.75) is 26.8 Å². The number of likely N-dealkylation sites (N-methyl/N-ethyl adjacent to an activating group) is 2. The van der Waals surface area contributed by atoms with E-state index in [1.54, 1.807) is 7.05 Å². The molecule has 0 aliphatic carbocycles. The van der Waals surface area contributed by atoms with Crippen LogP contribution in [0.1, 0.15) is 20.8 Å². The molecule has 3 heterocycles. The van der Waals surface area contributed by atoms with Crippen molar-refractivity contribution in [1.29, 1.82) is 0 Å². The van der Waals surface area contributed by atoms with Crippen LogP contribution in [0.5, 0.6) is 0 Å². The third kappa shape index (κ3) is 2.01. The van der Waals surface area contributed by atoms with Crippen LogP contribution in [0.25, 0.3) is 0 Å². The highest BCUT2D eigenvalue weighted by atomic mass is 16.2. The Kier molecular flexibility index (Phi) is 3.26. The first-order chi connectivity index (χ1) is 10.3. The van der Waals surface area contributed by atoms with Crippen LogP contribution in [-0.2, 0) is 4.79 Å². The number of carbonyl (C=O) groups is 2. The van der Waals surface area contributed by atoms with Gasteiger partial charge in [0.05, 0.1) is 12.3 Å². The van der Waals surface area contributed by atoms with Crippen LogP contribution in [0.4, 0.5) is 4.79 Å². The van der Waals surface area contributed by atoms with Gasteiger partial charge in [0.25, 0.3) is 5.91 Å². The number of carbonyl (C=O) groups excluding carboxylic acids is 2. The van der Waals surface area contributed by atoms with Crippen LogP contribution in [0.2, 0.25) is 0 Å². The fourth-order valence-corrected chi connectivity index (χ4v) is 2.95. The van der Waals surface area contributed by atoms with Crippen molar-refractivity contribution in [2.75, 3.05) is 27.2 Å². The smallest absolute Gasteiger partial charge is 0.270 e. The summed E-state index contributed by atoms with van der Waals surface area (Å²) in [5.74, 6) is 1.31. The molecule has 3 amide bonds. The molecular weight excluding hydrogens is 284 g/mol. The lowest BCUT2D eigenvalue weighted by Crippen LogP contribution is -2.62. The van der Waals surface area contributed by atoms with E-state index in [0.29, 0.717) is 30.8 Å². The van der Waals surface area contributed by atoms with Crippen LogP contribution in [0.15, 0.2) is 10.1 Å². The van der Waals surface area contributed by atoms with Crippen LogP contribution in [0.3, 0.4) is 0 Å². The minimum absolute atomic E-state index is 0.240. The second kappa shape index (κ2) is 4.89. The molecule has 3 rings (SSSR count). The summed E-state index contributed by atoms with van der Waals surface area (Å²) in [5.41, 5.74) is 0.927. The zero-order valence-electron chi connectivity index (χ0n) is 13.6. The molecule has 0 aromatic rings. The molecule has 3 aliphatic heterocycles. The van der Waals surface area contributed by atoms with E-state index in [9.17, 15) is 9.59 Å². The number of urea groups is 1. The van der Waals surface area contributed by atoms with E-state index in [-0.39, 0.29) is 11.9 Å². The lowest BCUT2D eigenvalue weighted by atomic mass is 10.1. The van der Waals surface area contributed by atoms with Crippen molar-refractivity contribution in [1.82, 2.24) is 14.8 Å². The molecule has 1 atom stereocenters. The summed E-state index contributed by atoms with van der Waals surface area (Å²) in [7, 11) is 3.16. The molecular formula is C14H21N6O2+. The summed E-state index contributed by atoms with van der Waals surface area (Å²) in [6, 6.07) is -0.892. The van der Waals surface area contributed by atoms with Crippen LogP contribution in [-0.4, -0.2) is 82.1 Å². The Balaban J connectivity index is 2.03. The van der Waals surface area contributed by atoms with Gasteiger partial charge < -0.3 is 0 Å². The van der Waals surface area contributed by atoms with Gasteiger partial charge in [-0.1, -0.05) is 18.8 Å². The molecule has 8 nitrogen and oxygen atoms in total. The molecule has 1 fully saturated rings. The number of rotatable bonds is 2. The highest BCUT2D eigenvalue weighted by Gasteiger charge is 2.53. The Morgan fingerprint density at radius 1 is 1.27 bits per heavy atom. The van der Waals surface area contributed by atoms with Crippen molar-refractivity contribution in [3.05, 3.63) is 0 Å². The Bertz CT molecular complexity index is 648. The van der Waals surface area contributed by atoms with Gasteiger partial charge in [-0.3, -0.25) is 14.6 Å². The normalized spacial score (nSPS) is 24.8. The number of imide groups is 1. The average Bonchev–Trinajstić information content (AvgIpc) is 2.81. The lowest BCUT2D eigenvalue weighted by molar-refractivity contribution is -0.527. The molecule has 1 unspecified atom stereocenters. The summed E-state index contributed by atoms with van der Waals surface area (Å²) in [5, 5.41) is 6.38. The molecule has 1 saturated heterocycles. The quantitative estimate of drug-likeness (QED) is 0.675. The van der Waals surface area contributed by atoms with Gasteiger partial charge in [-0.05, 0) is 12.8 Å². The summed E-state index contributed by atoms with van der Waals surface area (Å²) in [6.45, 7) is 7.41. The molecule has 0 saturated carbocycles. The highest BCUT2D eigenvalue weighted by Crippen LogP contribution is 2.22. The average molecular weight is 305 g/mol. The summed E-state index contributed by atoms with van der Waals surface area (Å²) in [4.78, 5) is 31.8. The first kappa shape index (κ1) is 14.7. The van der Waals surface area contributed by atoms with E-state index in [1.807, 2.05) is 16.5 Å². The predicted molar refractivity (Wildman–Crippen MR) is 81.9 cm³/mol. The molecule has 118 valence electrons. The maximum Gasteiger partial charge on any atom is 0.416 e. The first-order valence-corrected chi connectivity index (χ1v) is 7.40. The molecule has 0 spiro atoms. The van der Waals surface area contributed by atoms with Crippen LogP contribution in [0, 0.1) is 5.92 Å². The topological polar surface area (TPSA) is 71.6 Å². The van der Waals surface area contributed by atoms with Crippen LogP contribution >= 0.6 is 0 Å². The van der Waals surface area contributed by atoms with E-state index in [4.69, 9.17) is 0 Å². The highest BCUT2D eigenvalue weighted by molar-refractivity contribution is 6.23. The van der Waals surface area contributed by atoms with Crippen LogP contribution < -0.4 is 0 Å². The van der Waals surface area contributed by atoms with Gasteiger partial charge in [0.15, 0.2) is 0 Å². The third-order valence-electron chi connectivity index (χ3n) is 3.97. The lowest BCUT2D eigenvalue weighted by Gasteiger charge is -2.32. The minimum Gasteiger partial charge on any atom is -0.270 e. The zero-order chi connectivity index (χ0) is 16.2. The van der Waals surface area contributed by atoms with Gasteiger partial charge in [0, 0.05) is 14.1 Å². The molecule has 0 N–H and O–H groups in total. The van der Waals surface area contributed by atoms with Gasteiger partial charge in [0.2, 0.25) is 11.9 Å². The van der Waals surface area contributed by atoms with Crippen molar-refractivity contribution < 1.29 is 14.2 Å². The molecule has 0 bridgehead atoms. The number of amidine groups is 1. The first-order valence-electron chi connectivity index (χ1n) is 7.40. The number of nitrogens with zero attached hydrogens (tertiary/aromatic N) is 6. The number of amides is 3. The van der Waals surface area contributed by atoms with E-state index in [0.717, 1.165) is 10.6 Å². The number of aliphatic imine (C=N–C) groups is 1. The molecule has 22 heavy (non-hydrogen) atoms. The molecule has 0 radical (unpaired) electrons. The molecule has 3 aliphatic rings. The molecule has 8 heteroatoms. The van der Waals surface area contributed by atoms with E-state index in [2.05, 4.69) is 23.9 Å². The summed E-state index contributed by atoms with van der Waals surface area (Å²) < 4.78 is 1.93. The predicted octanol–water partition coefficient (Wildman–Crippen LogP) is 0.00690. The fourth-order valence-electron chi connectivity index (χ4n) is 2.95. The summed E-state index contributed by atoms with van der Waals surface area (Å²) >= 11 is 0. The van der Waals surface area contributed by atoms with Crippen molar-refractivity contribution in [3.63, 3.8) is 0 Å². The maximum atomic E-state index is 12.5. The minimum atomic E-state index is -0.539. The number of hydrazone groups is 1. The largest absolute Gasteiger partial charge is 0.416 e. The molecule has 0 aromatic heterocycles. The Morgan fingerprint density at radius 2 is 1.95 bits per heavy atom. The van der Waals surface area contributed by atoms with Crippen molar-refractivity contribution >= 4 is 29.4 Å². The molecule has 0 aromatic carbocycles. The Hall–Kier alpha value is -2.25. The maximum absolute atomic E-state index is 12.5. The second-order valence-electron chi connectivity index (χ2n) is 6.35. The Labute approximate surface area is 129 Å². The van der Waals surface area contributed by atoms with Crippen molar-refractivity contribution in [3.8, 4) is 0 Å². The van der Waals surface area contributed by atoms with E-state index >= 15 is 0 Å². The van der Waals surface area contributed by atoms with Gasteiger partial charge in [-0.25, -0.2) is 9.37 Å².